The van der Waals surface area contributed by atoms with Crippen LogP contribution in [0.1, 0.15) is 22.5 Å². The largest absolute Gasteiger partial charge is 0.333 e. The summed E-state index contributed by atoms with van der Waals surface area (Å²) in [6, 6.07) is 9.44. The van der Waals surface area contributed by atoms with Crippen molar-refractivity contribution < 1.29 is 4.79 Å². The van der Waals surface area contributed by atoms with E-state index < -0.39 is 0 Å². The fourth-order valence-electron chi connectivity index (χ4n) is 2.90. The second-order valence-corrected chi connectivity index (χ2v) is 6.71. The number of carbonyl (C=O) groups excluding carboxylic acids is 1. The van der Waals surface area contributed by atoms with Gasteiger partial charge in [-0.25, -0.2) is 9.50 Å². The Morgan fingerprint density at radius 2 is 1.92 bits per heavy atom. The molecular weight excluding hydrogens is 359 g/mol. The topological polar surface area (TPSA) is 50.5 Å². The SMILES string of the molecule is O=C(c1cc2ncc(Cl)cn2n1)N1CC=C(c2ccc(Cl)cc2)CC1. The molecule has 1 aliphatic heterocycles. The molecule has 1 aromatic carbocycles. The number of aromatic nitrogens is 3. The van der Waals surface area contributed by atoms with Gasteiger partial charge in [-0.05, 0) is 29.7 Å². The Morgan fingerprint density at radius 1 is 1.12 bits per heavy atom. The zero-order valence-corrected chi connectivity index (χ0v) is 14.7. The monoisotopic (exact) mass is 372 g/mol. The molecule has 3 heterocycles. The van der Waals surface area contributed by atoms with Gasteiger partial charge >= 0.3 is 0 Å². The van der Waals surface area contributed by atoms with Gasteiger partial charge in [0.2, 0.25) is 0 Å². The molecule has 5 nitrogen and oxygen atoms in total. The van der Waals surface area contributed by atoms with Crippen molar-refractivity contribution in [3.63, 3.8) is 0 Å². The minimum Gasteiger partial charge on any atom is -0.333 e. The van der Waals surface area contributed by atoms with Gasteiger partial charge in [-0.3, -0.25) is 4.79 Å². The van der Waals surface area contributed by atoms with E-state index in [1.165, 1.54) is 16.3 Å². The molecule has 3 aromatic rings. The Labute approximate surface area is 154 Å². The lowest BCUT2D eigenvalue weighted by molar-refractivity contribution is 0.0766. The lowest BCUT2D eigenvalue weighted by Crippen LogP contribution is -2.34. The number of hydrogen-bond donors (Lipinski definition) is 0. The smallest absolute Gasteiger partial charge is 0.274 e. The van der Waals surface area contributed by atoms with Crippen LogP contribution >= 0.6 is 23.2 Å². The number of hydrogen-bond acceptors (Lipinski definition) is 3. The Balaban J connectivity index is 1.52. The summed E-state index contributed by atoms with van der Waals surface area (Å²) in [5.74, 6) is -0.104. The van der Waals surface area contributed by atoms with Gasteiger partial charge < -0.3 is 4.90 Å². The van der Waals surface area contributed by atoms with Crippen molar-refractivity contribution in [2.24, 2.45) is 0 Å². The van der Waals surface area contributed by atoms with Crippen LogP contribution in [-0.4, -0.2) is 38.5 Å². The molecule has 0 bridgehead atoms. The maximum atomic E-state index is 12.7. The molecular formula is C18H14Cl2N4O. The van der Waals surface area contributed by atoms with Crippen molar-refractivity contribution in [1.82, 2.24) is 19.5 Å². The van der Waals surface area contributed by atoms with Crippen LogP contribution in [0.5, 0.6) is 0 Å². The first-order valence-electron chi connectivity index (χ1n) is 7.85. The molecule has 126 valence electrons. The Bertz CT molecular complexity index is 978. The van der Waals surface area contributed by atoms with E-state index in [-0.39, 0.29) is 5.91 Å². The summed E-state index contributed by atoms with van der Waals surface area (Å²) in [6.45, 7) is 1.20. The predicted octanol–water partition coefficient (Wildman–Crippen LogP) is 3.97. The fourth-order valence-corrected chi connectivity index (χ4v) is 3.17. The Hall–Kier alpha value is -2.37. The van der Waals surface area contributed by atoms with Gasteiger partial charge in [0.1, 0.15) is 0 Å². The van der Waals surface area contributed by atoms with Crippen LogP contribution < -0.4 is 0 Å². The first-order valence-corrected chi connectivity index (χ1v) is 8.61. The van der Waals surface area contributed by atoms with Crippen LogP contribution in [0, 0.1) is 0 Å². The molecule has 0 unspecified atom stereocenters. The van der Waals surface area contributed by atoms with Gasteiger partial charge in [0.05, 0.1) is 11.2 Å². The van der Waals surface area contributed by atoms with Crippen LogP contribution in [0.25, 0.3) is 11.2 Å². The third-order valence-corrected chi connectivity index (χ3v) is 4.66. The molecule has 1 amide bonds. The van der Waals surface area contributed by atoms with E-state index in [1.807, 2.05) is 24.3 Å². The van der Waals surface area contributed by atoms with Crippen molar-refractivity contribution >= 4 is 40.3 Å². The van der Waals surface area contributed by atoms with E-state index in [0.717, 1.165) is 17.0 Å². The zero-order chi connectivity index (χ0) is 17.4. The molecule has 25 heavy (non-hydrogen) atoms. The summed E-state index contributed by atoms with van der Waals surface area (Å²) in [5, 5.41) is 5.47. The number of fused-ring (bicyclic) bond motifs is 1. The van der Waals surface area contributed by atoms with Crippen LogP contribution in [0.2, 0.25) is 10.0 Å². The van der Waals surface area contributed by atoms with Crippen molar-refractivity contribution in [2.75, 3.05) is 13.1 Å². The van der Waals surface area contributed by atoms with Crippen LogP contribution in [0.15, 0.2) is 48.8 Å². The van der Waals surface area contributed by atoms with E-state index in [2.05, 4.69) is 16.2 Å². The number of benzene rings is 1. The highest BCUT2D eigenvalue weighted by Crippen LogP contribution is 2.24. The Morgan fingerprint density at radius 3 is 2.64 bits per heavy atom. The molecule has 4 rings (SSSR count). The normalized spacial score (nSPS) is 14.6. The van der Waals surface area contributed by atoms with E-state index in [1.54, 1.807) is 17.2 Å². The van der Waals surface area contributed by atoms with Crippen molar-refractivity contribution in [3.05, 3.63) is 70.1 Å². The summed E-state index contributed by atoms with van der Waals surface area (Å²) in [7, 11) is 0. The third kappa shape index (κ3) is 3.25. The quantitative estimate of drug-likeness (QED) is 0.683. The first kappa shape index (κ1) is 16.1. The summed E-state index contributed by atoms with van der Waals surface area (Å²) in [4.78, 5) is 18.6. The van der Waals surface area contributed by atoms with Crippen molar-refractivity contribution in [1.29, 1.82) is 0 Å². The number of amides is 1. The molecule has 0 atom stereocenters. The minimum atomic E-state index is -0.104. The lowest BCUT2D eigenvalue weighted by atomic mass is 9.99. The van der Waals surface area contributed by atoms with Crippen molar-refractivity contribution in [3.8, 4) is 0 Å². The molecule has 2 aromatic heterocycles. The maximum absolute atomic E-state index is 12.7. The Kier molecular flexibility index (Phi) is 4.19. The highest BCUT2D eigenvalue weighted by Gasteiger charge is 2.22. The molecule has 0 saturated carbocycles. The molecule has 0 saturated heterocycles. The van der Waals surface area contributed by atoms with E-state index in [4.69, 9.17) is 23.2 Å². The highest BCUT2D eigenvalue weighted by atomic mass is 35.5. The van der Waals surface area contributed by atoms with Gasteiger partial charge in [-0.2, -0.15) is 5.10 Å². The van der Waals surface area contributed by atoms with E-state index in [9.17, 15) is 4.79 Å². The van der Waals surface area contributed by atoms with Crippen LogP contribution in [0.4, 0.5) is 0 Å². The van der Waals surface area contributed by atoms with E-state index >= 15 is 0 Å². The molecule has 0 spiro atoms. The first-order chi connectivity index (χ1) is 12.1. The van der Waals surface area contributed by atoms with Gasteiger partial charge in [0, 0.05) is 30.4 Å². The summed E-state index contributed by atoms with van der Waals surface area (Å²) in [5.41, 5.74) is 3.34. The molecule has 7 heteroatoms. The van der Waals surface area contributed by atoms with E-state index in [0.29, 0.717) is 29.5 Å². The predicted molar refractivity (Wildman–Crippen MR) is 97.9 cm³/mol. The highest BCUT2D eigenvalue weighted by molar-refractivity contribution is 6.30. The third-order valence-electron chi connectivity index (χ3n) is 4.21. The molecule has 0 aliphatic carbocycles. The zero-order valence-electron chi connectivity index (χ0n) is 13.2. The van der Waals surface area contributed by atoms with Gasteiger partial charge in [-0.15, -0.1) is 0 Å². The van der Waals surface area contributed by atoms with Crippen LogP contribution in [0.3, 0.4) is 0 Å². The molecule has 1 aliphatic rings. The fraction of sp³-hybridized carbons (Fsp3) is 0.167. The molecule has 0 N–H and O–H groups in total. The maximum Gasteiger partial charge on any atom is 0.274 e. The average Bonchev–Trinajstić information content (AvgIpc) is 3.05. The number of halogens is 2. The number of carbonyl (C=O) groups is 1. The summed E-state index contributed by atoms with van der Waals surface area (Å²) < 4.78 is 1.52. The summed E-state index contributed by atoms with van der Waals surface area (Å²) in [6.07, 6.45) is 6.05. The van der Waals surface area contributed by atoms with Gasteiger partial charge in [0.15, 0.2) is 11.3 Å². The van der Waals surface area contributed by atoms with Crippen molar-refractivity contribution in [2.45, 2.75) is 6.42 Å². The molecule has 0 fully saturated rings. The molecule has 0 radical (unpaired) electrons. The van der Waals surface area contributed by atoms with Crippen LogP contribution in [-0.2, 0) is 0 Å². The average molecular weight is 373 g/mol. The second kappa shape index (κ2) is 6.50. The minimum absolute atomic E-state index is 0.104. The lowest BCUT2D eigenvalue weighted by Gasteiger charge is -2.26. The van der Waals surface area contributed by atoms with Gasteiger partial charge in [0.25, 0.3) is 5.91 Å². The van der Waals surface area contributed by atoms with Gasteiger partial charge in [-0.1, -0.05) is 41.4 Å². The number of nitrogens with zero attached hydrogens (tertiary/aromatic N) is 4. The number of rotatable bonds is 2. The summed E-state index contributed by atoms with van der Waals surface area (Å²) >= 11 is 11.8. The standard InChI is InChI=1S/C18H14Cl2N4O/c19-14-3-1-12(2-4-14)13-5-7-23(8-6-13)18(25)16-9-17-21-10-15(20)11-24(17)22-16/h1-5,9-11H,6-8H2. The second-order valence-electron chi connectivity index (χ2n) is 5.84.